The number of carbonyl (C=O) groups excluding carboxylic acids is 1. The molecule has 1 rings (SSSR count). The third-order valence-electron chi connectivity index (χ3n) is 1.56. The number of nitrogens with two attached hydrogens (primary N) is 1. The first-order valence-electron chi connectivity index (χ1n) is 3.43. The molecule has 0 bridgehead atoms. The number of hydrogen-bond acceptors (Lipinski definition) is 4. The van der Waals surface area contributed by atoms with Crippen LogP contribution in [0.25, 0.3) is 0 Å². The van der Waals surface area contributed by atoms with Crippen molar-refractivity contribution in [2.75, 3.05) is 12.8 Å². The van der Waals surface area contributed by atoms with Gasteiger partial charge in [-0.2, -0.15) is 0 Å². The van der Waals surface area contributed by atoms with Crippen LogP contribution in [0.1, 0.15) is 10.4 Å². The van der Waals surface area contributed by atoms with Crippen LogP contribution in [0.5, 0.6) is 5.75 Å². The molecule has 0 aliphatic heterocycles. The maximum Gasteiger partial charge on any atom is 0.341 e. The third-order valence-corrected chi connectivity index (χ3v) is 2.22. The van der Waals surface area contributed by atoms with Crippen LogP contribution in [0.15, 0.2) is 16.6 Å². The Bertz CT molecular complexity index is 351. The first kappa shape index (κ1) is 9.85. The summed E-state index contributed by atoms with van der Waals surface area (Å²) < 4.78 is 4.99. The van der Waals surface area contributed by atoms with Crippen LogP contribution in [0.2, 0.25) is 0 Å². The Hall–Kier alpha value is -1.23. The molecule has 70 valence electrons. The highest BCUT2D eigenvalue weighted by atomic mass is 79.9. The molecule has 3 N–H and O–H groups in total. The lowest BCUT2D eigenvalue weighted by Crippen LogP contribution is -2.06. The average molecular weight is 246 g/mol. The summed E-state index contributed by atoms with van der Waals surface area (Å²) in [6.07, 6.45) is 0. The zero-order valence-corrected chi connectivity index (χ0v) is 8.46. The number of phenols is 1. The fraction of sp³-hybridized carbons (Fsp3) is 0.125. The van der Waals surface area contributed by atoms with Gasteiger partial charge in [-0.05, 0) is 28.1 Å². The zero-order valence-electron chi connectivity index (χ0n) is 6.87. The third kappa shape index (κ3) is 1.75. The number of rotatable bonds is 1. The first-order chi connectivity index (χ1) is 6.07. The van der Waals surface area contributed by atoms with Crippen LogP contribution in [0.3, 0.4) is 0 Å². The fourth-order valence-electron chi connectivity index (χ4n) is 0.891. The predicted molar refractivity (Wildman–Crippen MR) is 51.6 cm³/mol. The van der Waals surface area contributed by atoms with E-state index < -0.39 is 5.97 Å². The number of halogens is 1. The topological polar surface area (TPSA) is 72.5 Å². The number of carbonyl (C=O) groups is 1. The molecule has 0 radical (unpaired) electrons. The van der Waals surface area contributed by atoms with E-state index in [0.717, 1.165) is 0 Å². The lowest BCUT2D eigenvalue weighted by molar-refractivity contribution is 0.0600. The van der Waals surface area contributed by atoms with Crippen LogP contribution >= 0.6 is 15.9 Å². The number of hydrogen-bond donors (Lipinski definition) is 2. The summed E-state index contributed by atoms with van der Waals surface area (Å²) in [7, 11) is 1.25. The summed E-state index contributed by atoms with van der Waals surface area (Å²) in [5, 5.41) is 9.22. The van der Waals surface area contributed by atoms with E-state index in [1.165, 1.54) is 19.2 Å². The van der Waals surface area contributed by atoms with E-state index >= 15 is 0 Å². The van der Waals surface area contributed by atoms with Crippen molar-refractivity contribution < 1.29 is 14.6 Å². The molecule has 13 heavy (non-hydrogen) atoms. The molecule has 0 heterocycles. The second kappa shape index (κ2) is 3.66. The number of esters is 1. The van der Waals surface area contributed by atoms with Gasteiger partial charge in [0.15, 0.2) is 0 Å². The second-order valence-corrected chi connectivity index (χ2v) is 3.20. The van der Waals surface area contributed by atoms with Crippen LogP contribution < -0.4 is 5.73 Å². The molecule has 5 heteroatoms. The van der Waals surface area contributed by atoms with Crippen molar-refractivity contribution in [3.8, 4) is 5.75 Å². The van der Waals surface area contributed by atoms with Gasteiger partial charge in [-0.1, -0.05) is 0 Å². The van der Waals surface area contributed by atoms with E-state index in [0.29, 0.717) is 4.47 Å². The second-order valence-electron chi connectivity index (χ2n) is 2.35. The standard InChI is InChI=1S/C8H8BrNO3/c1-13-8(12)6-4(9)2-3-5(11)7(6)10/h2-3,11H,10H2,1H3. The van der Waals surface area contributed by atoms with Gasteiger partial charge >= 0.3 is 5.97 Å². The Morgan fingerprint density at radius 2 is 2.23 bits per heavy atom. The van der Waals surface area contributed by atoms with Crippen molar-refractivity contribution in [3.63, 3.8) is 0 Å². The first-order valence-corrected chi connectivity index (χ1v) is 4.22. The van der Waals surface area contributed by atoms with Crippen molar-refractivity contribution in [2.45, 2.75) is 0 Å². The average Bonchev–Trinajstić information content (AvgIpc) is 2.12. The minimum Gasteiger partial charge on any atom is -0.506 e. The summed E-state index contributed by atoms with van der Waals surface area (Å²) in [5.74, 6) is -0.719. The summed E-state index contributed by atoms with van der Waals surface area (Å²) in [5.41, 5.74) is 5.64. The molecule has 0 aromatic heterocycles. The normalized spacial score (nSPS) is 9.69. The smallest absolute Gasteiger partial charge is 0.341 e. The van der Waals surface area contributed by atoms with Gasteiger partial charge in [-0.15, -0.1) is 0 Å². The largest absolute Gasteiger partial charge is 0.506 e. The molecular formula is C8H8BrNO3. The molecule has 0 aliphatic carbocycles. The zero-order chi connectivity index (χ0) is 10.0. The van der Waals surface area contributed by atoms with Gasteiger partial charge in [0.1, 0.15) is 11.3 Å². The highest BCUT2D eigenvalue weighted by Gasteiger charge is 2.16. The maximum absolute atomic E-state index is 11.2. The molecule has 0 amide bonds. The quantitative estimate of drug-likeness (QED) is 0.447. The fourth-order valence-corrected chi connectivity index (χ4v) is 1.40. The monoisotopic (exact) mass is 245 g/mol. The summed E-state index contributed by atoms with van der Waals surface area (Å²) >= 11 is 3.13. The van der Waals surface area contributed by atoms with E-state index in [1.807, 2.05) is 0 Å². The molecule has 4 nitrogen and oxygen atoms in total. The minimum absolute atomic E-state index is 0.0150. The summed E-state index contributed by atoms with van der Waals surface area (Å²) in [4.78, 5) is 11.2. The van der Waals surface area contributed by atoms with E-state index in [2.05, 4.69) is 20.7 Å². The van der Waals surface area contributed by atoms with Crippen molar-refractivity contribution in [2.24, 2.45) is 0 Å². The Morgan fingerprint density at radius 1 is 1.62 bits per heavy atom. The highest BCUT2D eigenvalue weighted by molar-refractivity contribution is 9.10. The molecule has 1 aromatic rings. The minimum atomic E-state index is -0.583. The molecule has 0 fully saturated rings. The van der Waals surface area contributed by atoms with Crippen molar-refractivity contribution in [3.05, 3.63) is 22.2 Å². The maximum atomic E-state index is 11.2. The molecule has 0 unspecified atom stereocenters. The molecule has 0 atom stereocenters. The number of benzene rings is 1. The van der Waals surface area contributed by atoms with E-state index in [-0.39, 0.29) is 17.0 Å². The summed E-state index contributed by atoms with van der Waals surface area (Å²) in [6.45, 7) is 0. The van der Waals surface area contributed by atoms with Gasteiger partial charge in [0, 0.05) is 4.47 Å². The lowest BCUT2D eigenvalue weighted by atomic mass is 10.1. The lowest BCUT2D eigenvalue weighted by Gasteiger charge is -2.07. The van der Waals surface area contributed by atoms with Gasteiger partial charge in [0.2, 0.25) is 0 Å². The number of anilines is 1. The van der Waals surface area contributed by atoms with E-state index in [1.54, 1.807) is 0 Å². The van der Waals surface area contributed by atoms with Crippen LogP contribution in [0.4, 0.5) is 5.69 Å². The van der Waals surface area contributed by atoms with Gasteiger partial charge in [-0.3, -0.25) is 0 Å². The van der Waals surface area contributed by atoms with Crippen molar-refractivity contribution in [1.29, 1.82) is 0 Å². The van der Waals surface area contributed by atoms with Gasteiger partial charge in [0.25, 0.3) is 0 Å². The molecule has 0 aliphatic rings. The molecule has 0 spiro atoms. The summed E-state index contributed by atoms with van der Waals surface area (Å²) in [6, 6.07) is 2.92. The van der Waals surface area contributed by atoms with Crippen molar-refractivity contribution >= 4 is 27.6 Å². The van der Waals surface area contributed by atoms with Crippen LogP contribution in [-0.4, -0.2) is 18.2 Å². The van der Waals surface area contributed by atoms with Crippen LogP contribution in [-0.2, 0) is 4.74 Å². The molecule has 0 saturated carbocycles. The van der Waals surface area contributed by atoms with E-state index in [9.17, 15) is 9.90 Å². The van der Waals surface area contributed by atoms with Gasteiger partial charge < -0.3 is 15.6 Å². The Kier molecular flexibility index (Phi) is 2.77. The number of phenolic OH excluding ortho intramolecular Hbond substituents is 1. The molecule has 0 saturated heterocycles. The van der Waals surface area contributed by atoms with Gasteiger partial charge in [0.05, 0.1) is 12.8 Å². The van der Waals surface area contributed by atoms with Crippen LogP contribution in [0, 0.1) is 0 Å². The predicted octanol–water partition coefficient (Wildman–Crippen LogP) is 1.52. The Labute approximate surface area is 83.4 Å². The van der Waals surface area contributed by atoms with Crippen molar-refractivity contribution in [1.82, 2.24) is 0 Å². The number of ether oxygens (including phenoxy) is 1. The van der Waals surface area contributed by atoms with Gasteiger partial charge in [-0.25, -0.2) is 4.79 Å². The number of nitrogen functional groups attached to an aromatic ring is 1. The molecular weight excluding hydrogens is 238 g/mol. The Morgan fingerprint density at radius 3 is 2.77 bits per heavy atom. The number of aromatic hydroxyl groups is 1. The Balaban J connectivity index is 3.33. The highest BCUT2D eigenvalue weighted by Crippen LogP contribution is 2.30. The molecule has 1 aromatic carbocycles. The SMILES string of the molecule is COC(=O)c1c(Br)ccc(O)c1N. The number of methoxy groups -OCH3 is 1. The van der Waals surface area contributed by atoms with E-state index in [4.69, 9.17) is 5.73 Å².